The Morgan fingerprint density at radius 2 is 2.18 bits per heavy atom. The molecule has 0 spiro atoms. The molecule has 0 bridgehead atoms. The zero-order valence-corrected chi connectivity index (χ0v) is 7.78. The van der Waals surface area contributed by atoms with Crippen LogP contribution in [0.4, 0.5) is 0 Å². The van der Waals surface area contributed by atoms with Crippen molar-refractivity contribution >= 4 is 11.8 Å². The van der Waals surface area contributed by atoms with Gasteiger partial charge in [-0.25, -0.2) is 0 Å². The molecule has 2 N–H and O–H groups in total. The van der Waals surface area contributed by atoms with E-state index >= 15 is 0 Å². The first-order valence-electron chi connectivity index (χ1n) is 4.73. The van der Waals surface area contributed by atoms with Crippen molar-refractivity contribution in [3.63, 3.8) is 0 Å². The first kappa shape index (κ1) is 7.93. The van der Waals surface area contributed by atoms with Gasteiger partial charge in [0.1, 0.15) is 0 Å². The zero-order valence-electron chi connectivity index (χ0n) is 6.96. The highest BCUT2D eigenvalue weighted by Gasteiger charge is 2.36. The summed E-state index contributed by atoms with van der Waals surface area (Å²) in [7, 11) is 0. The second kappa shape index (κ2) is 3.36. The number of nitrogens with two attached hydrogens (primary N) is 1. The van der Waals surface area contributed by atoms with Crippen LogP contribution in [0, 0.1) is 11.8 Å². The maximum Gasteiger partial charge on any atom is 0.00902 e. The summed E-state index contributed by atoms with van der Waals surface area (Å²) in [6.07, 6.45) is 5.78. The van der Waals surface area contributed by atoms with Gasteiger partial charge in [-0.15, -0.1) is 0 Å². The second-order valence-electron chi connectivity index (χ2n) is 3.79. The Kier molecular flexibility index (Phi) is 2.42. The molecule has 64 valence electrons. The van der Waals surface area contributed by atoms with E-state index in [1.54, 1.807) is 0 Å². The zero-order chi connectivity index (χ0) is 7.68. The van der Waals surface area contributed by atoms with Crippen molar-refractivity contribution < 1.29 is 0 Å². The predicted molar refractivity (Wildman–Crippen MR) is 50.7 cm³/mol. The summed E-state index contributed by atoms with van der Waals surface area (Å²) in [5.74, 6) is 3.26. The van der Waals surface area contributed by atoms with E-state index in [4.69, 9.17) is 5.73 Å². The van der Waals surface area contributed by atoms with Crippen molar-refractivity contribution in [2.45, 2.75) is 30.9 Å². The number of thioether (sulfide) groups is 1. The minimum absolute atomic E-state index is 0.863. The van der Waals surface area contributed by atoms with Crippen molar-refractivity contribution in [2.75, 3.05) is 12.3 Å². The molecule has 0 aromatic rings. The van der Waals surface area contributed by atoms with Gasteiger partial charge >= 0.3 is 0 Å². The number of hydrogen-bond donors (Lipinski definition) is 1. The fourth-order valence-electron chi connectivity index (χ4n) is 2.11. The van der Waals surface area contributed by atoms with E-state index in [2.05, 4.69) is 11.8 Å². The molecule has 2 rings (SSSR count). The third-order valence-corrected chi connectivity index (χ3v) is 4.48. The van der Waals surface area contributed by atoms with Gasteiger partial charge in [0.15, 0.2) is 0 Å². The Hall–Kier alpha value is 0.310. The largest absolute Gasteiger partial charge is 0.330 e. The van der Waals surface area contributed by atoms with E-state index in [0.29, 0.717) is 0 Å². The van der Waals surface area contributed by atoms with Crippen LogP contribution in [0.15, 0.2) is 0 Å². The topological polar surface area (TPSA) is 26.0 Å². The van der Waals surface area contributed by atoms with Gasteiger partial charge in [0.05, 0.1) is 0 Å². The Bertz CT molecular complexity index is 128. The molecule has 2 heteroatoms. The molecule has 1 heterocycles. The summed E-state index contributed by atoms with van der Waals surface area (Å²) in [6.45, 7) is 0.933. The molecule has 1 aliphatic heterocycles. The lowest BCUT2D eigenvalue weighted by molar-refractivity contribution is 0.446. The fraction of sp³-hybridized carbons (Fsp3) is 1.00. The Balaban J connectivity index is 1.87. The van der Waals surface area contributed by atoms with E-state index in [-0.39, 0.29) is 0 Å². The normalized spacial score (nSPS) is 34.1. The van der Waals surface area contributed by atoms with Crippen LogP contribution in [0.3, 0.4) is 0 Å². The quantitative estimate of drug-likeness (QED) is 0.701. The van der Waals surface area contributed by atoms with Gasteiger partial charge < -0.3 is 5.73 Å². The van der Waals surface area contributed by atoms with Crippen LogP contribution in [-0.2, 0) is 0 Å². The lowest BCUT2D eigenvalue weighted by Gasteiger charge is -2.20. The molecule has 0 amide bonds. The Morgan fingerprint density at radius 3 is 2.64 bits per heavy atom. The second-order valence-corrected chi connectivity index (χ2v) is 5.14. The maximum atomic E-state index is 5.78. The van der Waals surface area contributed by atoms with E-state index in [1.165, 1.54) is 31.4 Å². The lowest BCUT2D eigenvalue weighted by atomic mass is 9.97. The molecule has 2 fully saturated rings. The molecule has 0 aromatic carbocycles. The van der Waals surface area contributed by atoms with Crippen LogP contribution < -0.4 is 5.73 Å². The standard InChI is InChI=1S/C9H17NS/c10-6-8(7-3-4-7)9-2-1-5-11-9/h7-9H,1-6,10H2. The third-order valence-electron chi connectivity index (χ3n) is 2.94. The molecule has 11 heavy (non-hydrogen) atoms. The summed E-state index contributed by atoms with van der Waals surface area (Å²) in [6, 6.07) is 0. The average molecular weight is 171 g/mol. The van der Waals surface area contributed by atoms with Gasteiger partial charge in [-0.3, -0.25) is 0 Å². The summed E-state index contributed by atoms with van der Waals surface area (Å²) >= 11 is 2.16. The minimum atomic E-state index is 0.863. The number of rotatable bonds is 3. The van der Waals surface area contributed by atoms with Gasteiger partial charge in [-0.1, -0.05) is 0 Å². The predicted octanol–water partition coefficient (Wildman–Crippen LogP) is 1.87. The first-order chi connectivity index (χ1) is 5.42. The van der Waals surface area contributed by atoms with E-state index < -0.39 is 0 Å². The number of hydrogen-bond acceptors (Lipinski definition) is 2. The van der Waals surface area contributed by atoms with Crippen molar-refractivity contribution in [3.05, 3.63) is 0 Å². The molecule has 1 saturated heterocycles. The van der Waals surface area contributed by atoms with Crippen molar-refractivity contribution in [3.8, 4) is 0 Å². The van der Waals surface area contributed by atoms with Gasteiger partial charge in [0.2, 0.25) is 0 Å². The molecular formula is C9H17NS. The fourth-order valence-corrected chi connectivity index (χ4v) is 3.66. The van der Waals surface area contributed by atoms with Crippen LogP contribution in [0.5, 0.6) is 0 Å². The highest BCUT2D eigenvalue weighted by atomic mass is 32.2. The molecule has 2 aliphatic rings. The van der Waals surface area contributed by atoms with Crippen molar-refractivity contribution in [1.29, 1.82) is 0 Å². The monoisotopic (exact) mass is 171 g/mol. The van der Waals surface area contributed by atoms with E-state index in [9.17, 15) is 0 Å². The van der Waals surface area contributed by atoms with Crippen LogP contribution in [0.25, 0.3) is 0 Å². The van der Waals surface area contributed by atoms with Crippen molar-refractivity contribution in [2.24, 2.45) is 17.6 Å². The molecule has 2 atom stereocenters. The van der Waals surface area contributed by atoms with Gasteiger partial charge in [0, 0.05) is 5.25 Å². The SMILES string of the molecule is NCC(C1CC1)C1CCCS1. The van der Waals surface area contributed by atoms with Gasteiger partial charge in [-0.2, -0.15) is 11.8 Å². The van der Waals surface area contributed by atoms with Crippen LogP contribution >= 0.6 is 11.8 Å². The lowest BCUT2D eigenvalue weighted by Crippen LogP contribution is -2.25. The van der Waals surface area contributed by atoms with Crippen LogP contribution in [0.1, 0.15) is 25.7 Å². The molecule has 0 aromatic heterocycles. The molecule has 1 saturated carbocycles. The Morgan fingerprint density at radius 1 is 1.36 bits per heavy atom. The summed E-state index contributed by atoms with van der Waals surface area (Å²) in [4.78, 5) is 0. The summed E-state index contributed by atoms with van der Waals surface area (Å²) in [5.41, 5.74) is 5.78. The van der Waals surface area contributed by atoms with Gasteiger partial charge in [0.25, 0.3) is 0 Å². The smallest absolute Gasteiger partial charge is 0.00902 e. The minimum Gasteiger partial charge on any atom is -0.330 e. The van der Waals surface area contributed by atoms with Gasteiger partial charge in [-0.05, 0) is 49.8 Å². The molecule has 0 radical (unpaired) electrons. The molecule has 1 aliphatic carbocycles. The molecule has 2 unspecified atom stereocenters. The Labute approximate surface area is 73.1 Å². The maximum absolute atomic E-state index is 5.78. The summed E-state index contributed by atoms with van der Waals surface area (Å²) < 4.78 is 0. The van der Waals surface area contributed by atoms with E-state index in [0.717, 1.165) is 23.6 Å². The van der Waals surface area contributed by atoms with E-state index in [1.807, 2.05) is 0 Å². The first-order valence-corrected chi connectivity index (χ1v) is 5.78. The third kappa shape index (κ3) is 1.73. The van der Waals surface area contributed by atoms with Crippen molar-refractivity contribution in [1.82, 2.24) is 0 Å². The average Bonchev–Trinajstić information content (AvgIpc) is 2.68. The van der Waals surface area contributed by atoms with Crippen LogP contribution in [0.2, 0.25) is 0 Å². The highest BCUT2D eigenvalue weighted by molar-refractivity contribution is 8.00. The molecule has 1 nitrogen and oxygen atoms in total. The van der Waals surface area contributed by atoms with Crippen LogP contribution in [-0.4, -0.2) is 17.5 Å². The summed E-state index contributed by atoms with van der Waals surface area (Å²) in [5, 5.41) is 0.924. The highest BCUT2D eigenvalue weighted by Crippen LogP contribution is 2.44. The molecular weight excluding hydrogens is 154 g/mol.